The third-order valence-electron chi connectivity index (χ3n) is 3.83. The number of nitrogens with zero attached hydrogens (tertiary/aromatic N) is 2. The molecule has 1 N–H and O–H groups in total. The van der Waals surface area contributed by atoms with Crippen LogP contribution in [0.3, 0.4) is 0 Å². The summed E-state index contributed by atoms with van der Waals surface area (Å²) in [7, 11) is 2.01. The molecule has 0 amide bonds. The summed E-state index contributed by atoms with van der Waals surface area (Å²) in [4.78, 5) is 4.28. The largest absolute Gasteiger partial charge is 0.333 e. The van der Waals surface area contributed by atoms with Crippen molar-refractivity contribution < 1.29 is 0 Å². The number of hydrogen-bond acceptors (Lipinski definition) is 2. The Morgan fingerprint density at radius 3 is 2.65 bits per heavy atom. The van der Waals surface area contributed by atoms with Crippen molar-refractivity contribution in [3.05, 3.63) is 66.2 Å². The van der Waals surface area contributed by atoms with Crippen LogP contribution in [0.2, 0.25) is 0 Å². The van der Waals surface area contributed by atoms with Crippen LogP contribution >= 0.6 is 0 Å². The first kappa shape index (κ1) is 12.9. The van der Waals surface area contributed by atoms with Crippen LogP contribution < -0.4 is 5.32 Å². The average Bonchev–Trinajstić information content (AvgIpc) is 2.89. The predicted molar refractivity (Wildman–Crippen MR) is 82.7 cm³/mol. The van der Waals surface area contributed by atoms with Gasteiger partial charge in [0.2, 0.25) is 0 Å². The highest BCUT2D eigenvalue weighted by atomic mass is 15.1. The van der Waals surface area contributed by atoms with E-state index in [1.807, 2.05) is 26.4 Å². The lowest BCUT2D eigenvalue weighted by atomic mass is 10.0. The summed E-state index contributed by atoms with van der Waals surface area (Å²) >= 11 is 0. The molecule has 0 aliphatic heterocycles. The van der Waals surface area contributed by atoms with E-state index < -0.39 is 0 Å². The smallest absolute Gasteiger partial charge is 0.105 e. The molecule has 1 unspecified atom stereocenters. The number of likely N-dealkylation sites (N-methyl/N-ethyl adjacent to an activating group) is 1. The Morgan fingerprint density at radius 1 is 1.15 bits per heavy atom. The number of aryl methyl sites for hydroxylation is 1. The fraction of sp³-hybridized carbons (Fsp3) is 0.235. The molecule has 0 radical (unpaired) electrons. The first-order chi connectivity index (χ1) is 9.78. The Kier molecular flexibility index (Phi) is 3.52. The molecule has 0 aliphatic rings. The molecule has 2 aromatic carbocycles. The fourth-order valence-electron chi connectivity index (χ4n) is 2.58. The van der Waals surface area contributed by atoms with Gasteiger partial charge in [0.05, 0.1) is 6.04 Å². The third kappa shape index (κ3) is 2.45. The molecule has 0 spiro atoms. The van der Waals surface area contributed by atoms with Crippen molar-refractivity contribution in [2.45, 2.75) is 19.5 Å². The average molecular weight is 265 g/mol. The minimum absolute atomic E-state index is 0.285. The van der Waals surface area contributed by atoms with E-state index in [1.54, 1.807) is 0 Å². The van der Waals surface area contributed by atoms with E-state index in [0.29, 0.717) is 0 Å². The first-order valence-corrected chi connectivity index (χ1v) is 6.91. The minimum atomic E-state index is 0.285. The number of hydrogen-bond donors (Lipinski definition) is 1. The van der Waals surface area contributed by atoms with Gasteiger partial charge in [-0.15, -0.1) is 0 Å². The van der Waals surface area contributed by atoms with Crippen molar-refractivity contribution in [2.24, 2.45) is 0 Å². The number of benzene rings is 2. The minimum Gasteiger partial charge on any atom is -0.333 e. The van der Waals surface area contributed by atoms with E-state index in [1.165, 1.54) is 16.3 Å². The lowest BCUT2D eigenvalue weighted by Gasteiger charge is -2.18. The standard InChI is InChI=1S/C17H19N3/c1-13-19-9-10-20(13)12-17(18-2)16-8-7-14-5-3-4-6-15(14)11-16/h3-11,17-18H,12H2,1-2H3. The van der Waals surface area contributed by atoms with Crippen LogP contribution in [-0.2, 0) is 6.54 Å². The fourth-order valence-corrected chi connectivity index (χ4v) is 2.58. The van der Waals surface area contributed by atoms with Crippen molar-refractivity contribution in [2.75, 3.05) is 7.05 Å². The van der Waals surface area contributed by atoms with Crippen LogP contribution in [0.5, 0.6) is 0 Å². The van der Waals surface area contributed by atoms with Crippen LogP contribution in [-0.4, -0.2) is 16.6 Å². The highest BCUT2D eigenvalue weighted by Crippen LogP contribution is 2.21. The topological polar surface area (TPSA) is 29.9 Å². The van der Waals surface area contributed by atoms with E-state index in [2.05, 4.69) is 57.3 Å². The summed E-state index contributed by atoms with van der Waals surface area (Å²) in [5.74, 6) is 1.05. The van der Waals surface area contributed by atoms with Gasteiger partial charge in [0.25, 0.3) is 0 Å². The van der Waals surface area contributed by atoms with Crippen molar-refractivity contribution in [1.29, 1.82) is 0 Å². The summed E-state index contributed by atoms with van der Waals surface area (Å²) in [6.45, 7) is 2.92. The number of aromatic nitrogens is 2. The Labute approximate surface area is 119 Å². The molecule has 0 aliphatic carbocycles. The number of rotatable bonds is 4. The molecule has 3 nitrogen and oxygen atoms in total. The second kappa shape index (κ2) is 5.47. The maximum absolute atomic E-state index is 4.28. The highest BCUT2D eigenvalue weighted by Gasteiger charge is 2.11. The van der Waals surface area contributed by atoms with Crippen LogP contribution in [0, 0.1) is 6.92 Å². The monoisotopic (exact) mass is 265 g/mol. The normalized spacial score (nSPS) is 12.7. The lowest BCUT2D eigenvalue weighted by molar-refractivity contribution is 0.494. The van der Waals surface area contributed by atoms with Gasteiger partial charge in [-0.25, -0.2) is 4.98 Å². The molecular formula is C17H19N3. The highest BCUT2D eigenvalue weighted by molar-refractivity contribution is 5.83. The van der Waals surface area contributed by atoms with Gasteiger partial charge in [-0.3, -0.25) is 0 Å². The van der Waals surface area contributed by atoms with Gasteiger partial charge in [0.1, 0.15) is 5.82 Å². The second-order valence-corrected chi connectivity index (χ2v) is 5.07. The molecule has 20 heavy (non-hydrogen) atoms. The quantitative estimate of drug-likeness (QED) is 0.784. The van der Waals surface area contributed by atoms with Crippen molar-refractivity contribution >= 4 is 10.8 Å². The van der Waals surface area contributed by atoms with E-state index in [-0.39, 0.29) is 6.04 Å². The van der Waals surface area contributed by atoms with E-state index in [0.717, 1.165) is 12.4 Å². The Hall–Kier alpha value is -2.13. The molecule has 3 heteroatoms. The van der Waals surface area contributed by atoms with Crippen molar-refractivity contribution in [1.82, 2.24) is 14.9 Å². The van der Waals surface area contributed by atoms with Crippen LogP contribution in [0.4, 0.5) is 0 Å². The van der Waals surface area contributed by atoms with Gasteiger partial charge in [-0.1, -0.05) is 36.4 Å². The summed E-state index contributed by atoms with van der Waals surface area (Å²) in [6.07, 6.45) is 3.88. The SMILES string of the molecule is CNC(Cn1ccnc1C)c1ccc2ccccc2c1. The van der Waals surface area contributed by atoms with Crippen molar-refractivity contribution in [3.8, 4) is 0 Å². The van der Waals surface area contributed by atoms with Crippen LogP contribution in [0.1, 0.15) is 17.4 Å². The van der Waals surface area contributed by atoms with E-state index in [9.17, 15) is 0 Å². The molecule has 102 valence electrons. The molecule has 1 atom stereocenters. The molecule has 3 rings (SSSR count). The zero-order valence-electron chi connectivity index (χ0n) is 11.9. The number of fused-ring (bicyclic) bond motifs is 1. The Balaban J connectivity index is 1.92. The molecule has 0 saturated heterocycles. The Bertz CT molecular complexity index is 715. The molecule has 0 fully saturated rings. The molecule has 3 aromatic rings. The lowest BCUT2D eigenvalue weighted by Crippen LogP contribution is -2.22. The third-order valence-corrected chi connectivity index (χ3v) is 3.83. The summed E-state index contributed by atoms with van der Waals surface area (Å²) < 4.78 is 2.18. The van der Waals surface area contributed by atoms with Gasteiger partial charge in [0.15, 0.2) is 0 Å². The van der Waals surface area contributed by atoms with Gasteiger partial charge in [-0.05, 0) is 36.4 Å². The van der Waals surface area contributed by atoms with Crippen LogP contribution in [0.15, 0.2) is 54.9 Å². The molecular weight excluding hydrogens is 246 g/mol. The molecule has 1 aromatic heterocycles. The summed E-state index contributed by atoms with van der Waals surface area (Å²) in [6, 6.07) is 15.4. The maximum Gasteiger partial charge on any atom is 0.105 e. The van der Waals surface area contributed by atoms with E-state index in [4.69, 9.17) is 0 Å². The maximum atomic E-state index is 4.28. The van der Waals surface area contributed by atoms with Crippen LogP contribution in [0.25, 0.3) is 10.8 Å². The second-order valence-electron chi connectivity index (χ2n) is 5.07. The van der Waals surface area contributed by atoms with E-state index >= 15 is 0 Å². The molecule has 0 bridgehead atoms. The van der Waals surface area contributed by atoms with Gasteiger partial charge < -0.3 is 9.88 Å². The first-order valence-electron chi connectivity index (χ1n) is 6.91. The van der Waals surface area contributed by atoms with Gasteiger partial charge >= 0.3 is 0 Å². The zero-order chi connectivity index (χ0) is 13.9. The predicted octanol–water partition coefficient (Wildman–Crippen LogP) is 3.31. The molecule has 1 heterocycles. The van der Waals surface area contributed by atoms with Gasteiger partial charge in [0, 0.05) is 18.9 Å². The molecule has 0 saturated carbocycles. The summed E-state index contributed by atoms with van der Waals surface area (Å²) in [5, 5.41) is 5.97. The van der Waals surface area contributed by atoms with Crippen molar-refractivity contribution in [3.63, 3.8) is 0 Å². The summed E-state index contributed by atoms with van der Waals surface area (Å²) in [5.41, 5.74) is 1.30. The Morgan fingerprint density at radius 2 is 1.95 bits per heavy atom. The van der Waals surface area contributed by atoms with Gasteiger partial charge in [-0.2, -0.15) is 0 Å². The number of imidazole rings is 1. The number of nitrogens with one attached hydrogen (secondary N) is 1. The zero-order valence-corrected chi connectivity index (χ0v) is 11.9.